The predicted molar refractivity (Wildman–Crippen MR) is 92.5 cm³/mol. The molecule has 5 heteroatoms. The largest absolute Gasteiger partial charge is 0.312 e. The first kappa shape index (κ1) is 15.1. The molecular weight excluding hydrogens is 286 g/mol. The lowest BCUT2D eigenvalue weighted by Crippen LogP contribution is -2.28. The fraction of sp³-hybridized carbons (Fsp3) is 0.667. The van der Waals surface area contributed by atoms with Crippen LogP contribution in [0.25, 0.3) is 11.2 Å². The Labute approximate surface area is 138 Å². The summed E-state index contributed by atoms with van der Waals surface area (Å²) in [5.41, 5.74) is 2.12. The van der Waals surface area contributed by atoms with Crippen LogP contribution in [0.1, 0.15) is 25.1 Å². The van der Waals surface area contributed by atoms with E-state index in [2.05, 4.69) is 39.5 Å². The summed E-state index contributed by atoms with van der Waals surface area (Å²) in [6, 6.07) is 4.73. The van der Waals surface area contributed by atoms with Gasteiger partial charge in [0, 0.05) is 31.7 Å². The van der Waals surface area contributed by atoms with E-state index < -0.39 is 0 Å². The number of imidazole rings is 1. The monoisotopic (exact) mass is 313 g/mol. The van der Waals surface area contributed by atoms with Gasteiger partial charge in [0.05, 0.1) is 0 Å². The van der Waals surface area contributed by atoms with Gasteiger partial charge in [0.2, 0.25) is 0 Å². The van der Waals surface area contributed by atoms with Gasteiger partial charge in [0.25, 0.3) is 0 Å². The molecule has 2 fully saturated rings. The highest BCUT2D eigenvalue weighted by Crippen LogP contribution is 2.24. The second kappa shape index (κ2) is 6.21. The Morgan fingerprint density at radius 2 is 2.13 bits per heavy atom. The maximum atomic E-state index is 4.93. The van der Waals surface area contributed by atoms with Crippen LogP contribution in [0.3, 0.4) is 0 Å². The maximum absolute atomic E-state index is 4.93. The highest BCUT2D eigenvalue weighted by atomic mass is 15.2. The number of aromatic nitrogens is 3. The average molecular weight is 313 g/mol. The van der Waals surface area contributed by atoms with Crippen molar-refractivity contribution >= 4 is 11.2 Å². The van der Waals surface area contributed by atoms with Crippen LogP contribution in [0.5, 0.6) is 0 Å². The molecule has 2 unspecified atom stereocenters. The van der Waals surface area contributed by atoms with Crippen LogP contribution in [0.15, 0.2) is 18.3 Å². The second-order valence-electron chi connectivity index (χ2n) is 7.38. The fourth-order valence-electron chi connectivity index (χ4n) is 4.23. The van der Waals surface area contributed by atoms with Crippen molar-refractivity contribution in [1.82, 2.24) is 24.3 Å². The smallest absolute Gasteiger partial charge is 0.159 e. The molecule has 0 N–H and O–H groups in total. The van der Waals surface area contributed by atoms with Crippen LogP contribution >= 0.6 is 0 Å². The number of likely N-dealkylation sites (N-methyl/N-ethyl adjacent to an activating group) is 1. The minimum Gasteiger partial charge on any atom is -0.312 e. The van der Waals surface area contributed by atoms with E-state index in [-0.39, 0.29) is 0 Å². The molecule has 2 saturated heterocycles. The number of pyridine rings is 1. The van der Waals surface area contributed by atoms with E-state index in [9.17, 15) is 0 Å². The van der Waals surface area contributed by atoms with E-state index in [0.717, 1.165) is 30.0 Å². The Balaban J connectivity index is 1.63. The van der Waals surface area contributed by atoms with Gasteiger partial charge in [-0.15, -0.1) is 0 Å². The van der Waals surface area contributed by atoms with Crippen LogP contribution in [-0.2, 0) is 13.0 Å². The summed E-state index contributed by atoms with van der Waals surface area (Å²) in [6.07, 6.45) is 6.83. The Morgan fingerprint density at radius 1 is 1.22 bits per heavy atom. The quantitative estimate of drug-likeness (QED) is 0.865. The van der Waals surface area contributed by atoms with Crippen LogP contribution in [0, 0.1) is 5.92 Å². The highest BCUT2D eigenvalue weighted by Gasteiger charge is 2.26. The molecule has 2 aliphatic heterocycles. The zero-order valence-electron chi connectivity index (χ0n) is 14.3. The number of hydrogen-bond donors (Lipinski definition) is 0. The molecule has 0 spiro atoms. The maximum Gasteiger partial charge on any atom is 0.159 e. The second-order valence-corrected chi connectivity index (χ2v) is 7.38. The molecule has 2 atom stereocenters. The number of hydrogen-bond acceptors (Lipinski definition) is 4. The van der Waals surface area contributed by atoms with Crippen molar-refractivity contribution in [1.29, 1.82) is 0 Å². The molecule has 2 aromatic rings. The predicted octanol–water partition coefficient (Wildman–Crippen LogP) is 2.02. The number of nitrogens with zero attached hydrogens (tertiary/aromatic N) is 5. The molecule has 4 heterocycles. The van der Waals surface area contributed by atoms with E-state index in [1.54, 1.807) is 0 Å². The highest BCUT2D eigenvalue weighted by molar-refractivity contribution is 5.71. The summed E-state index contributed by atoms with van der Waals surface area (Å²) < 4.78 is 2.41. The summed E-state index contributed by atoms with van der Waals surface area (Å²) in [6.45, 7) is 4.68. The minimum atomic E-state index is 0.636. The van der Waals surface area contributed by atoms with E-state index in [1.807, 2.05) is 12.3 Å². The van der Waals surface area contributed by atoms with Gasteiger partial charge in [-0.2, -0.15) is 0 Å². The number of fused-ring (bicyclic) bond motifs is 1. The Bertz CT molecular complexity index is 679. The molecule has 2 aromatic heterocycles. The van der Waals surface area contributed by atoms with Gasteiger partial charge in [0.1, 0.15) is 11.3 Å². The standard InChI is InChI=1S/C18H27N5/c1-21-10-7-14(12-21)13-23-17(11-15-5-4-9-22(15)2)20-16-6-3-8-19-18(16)23/h3,6,8,14-15H,4-5,7,9-13H2,1-2H3. The van der Waals surface area contributed by atoms with Gasteiger partial charge < -0.3 is 14.4 Å². The lowest BCUT2D eigenvalue weighted by Gasteiger charge is -2.20. The molecule has 0 saturated carbocycles. The van der Waals surface area contributed by atoms with Crippen molar-refractivity contribution < 1.29 is 0 Å². The van der Waals surface area contributed by atoms with Crippen LogP contribution in [0.4, 0.5) is 0 Å². The molecule has 0 amide bonds. The van der Waals surface area contributed by atoms with Gasteiger partial charge in [0.15, 0.2) is 5.65 Å². The SMILES string of the molecule is CN1CCC(Cn2c(CC3CCCN3C)nc3cccnc32)C1. The average Bonchev–Trinajstić information content (AvgIpc) is 3.22. The molecule has 0 bridgehead atoms. The van der Waals surface area contributed by atoms with Crippen molar-refractivity contribution in [3.8, 4) is 0 Å². The van der Waals surface area contributed by atoms with E-state index in [1.165, 1.54) is 44.7 Å². The number of rotatable bonds is 4. The van der Waals surface area contributed by atoms with E-state index in [0.29, 0.717) is 6.04 Å². The Kier molecular flexibility index (Phi) is 4.07. The number of likely N-dealkylation sites (tertiary alicyclic amines) is 2. The first-order chi connectivity index (χ1) is 11.2. The summed E-state index contributed by atoms with van der Waals surface area (Å²) in [4.78, 5) is 14.5. The summed E-state index contributed by atoms with van der Waals surface area (Å²) in [7, 11) is 4.47. The van der Waals surface area contributed by atoms with Crippen molar-refractivity contribution in [3.05, 3.63) is 24.2 Å². The zero-order chi connectivity index (χ0) is 15.8. The lowest BCUT2D eigenvalue weighted by atomic mass is 10.1. The van der Waals surface area contributed by atoms with Gasteiger partial charge in [-0.1, -0.05) is 0 Å². The van der Waals surface area contributed by atoms with Gasteiger partial charge in [-0.05, 0) is 64.5 Å². The molecular formula is C18H27N5. The van der Waals surface area contributed by atoms with Crippen LogP contribution in [0.2, 0.25) is 0 Å². The van der Waals surface area contributed by atoms with Crippen molar-refractivity contribution in [3.63, 3.8) is 0 Å². The summed E-state index contributed by atoms with van der Waals surface area (Å²) >= 11 is 0. The first-order valence-corrected chi connectivity index (χ1v) is 8.89. The minimum absolute atomic E-state index is 0.636. The molecule has 4 rings (SSSR count). The summed E-state index contributed by atoms with van der Waals surface area (Å²) in [5.74, 6) is 1.95. The Morgan fingerprint density at radius 3 is 2.87 bits per heavy atom. The molecule has 0 radical (unpaired) electrons. The normalized spacial score (nSPS) is 26.5. The van der Waals surface area contributed by atoms with Gasteiger partial charge >= 0.3 is 0 Å². The third kappa shape index (κ3) is 3.00. The third-order valence-corrected chi connectivity index (χ3v) is 5.60. The fourth-order valence-corrected chi connectivity index (χ4v) is 4.23. The third-order valence-electron chi connectivity index (χ3n) is 5.60. The Hall–Kier alpha value is -1.46. The van der Waals surface area contributed by atoms with E-state index >= 15 is 0 Å². The lowest BCUT2D eigenvalue weighted by molar-refractivity contribution is 0.301. The molecule has 5 nitrogen and oxygen atoms in total. The zero-order valence-corrected chi connectivity index (χ0v) is 14.3. The topological polar surface area (TPSA) is 37.2 Å². The van der Waals surface area contributed by atoms with Crippen LogP contribution < -0.4 is 0 Å². The van der Waals surface area contributed by atoms with Crippen molar-refractivity contribution in [2.75, 3.05) is 33.7 Å². The summed E-state index contributed by atoms with van der Waals surface area (Å²) in [5, 5.41) is 0. The molecule has 0 aliphatic carbocycles. The first-order valence-electron chi connectivity index (χ1n) is 8.89. The van der Waals surface area contributed by atoms with Crippen LogP contribution in [-0.4, -0.2) is 64.1 Å². The van der Waals surface area contributed by atoms with Crippen molar-refractivity contribution in [2.24, 2.45) is 5.92 Å². The van der Waals surface area contributed by atoms with Gasteiger partial charge in [-0.3, -0.25) is 0 Å². The van der Waals surface area contributed by atoms with Crippen molar-refractivity contribution in [2.45, 2.75) is 38.3 Å². The van der Waals surface area contributed by atoms with E-state index in [4.69, 9.17) is 4.98 Å². The molecule has 0 aromatic carbocycles. The molecule has 23 heavy (non-hydrogen) atoms. The molecule has 124 valence electrons. The molecule has 2 aliphatic rings. The van der Waals surface area contributed by atoms with Gasteiger partial charge in [-0.25, -0.2) is 9.97 Å².